The number of aryl methyl sites for hydroxylation is 1. The van der Waals surface area contributed by atoms with Gasteiger partial charge in [0.25, 0.3) is 0 Å². The number of rotatable bonds is 3. The minimum Gasteiger partial charge on any atom is -0.465 e. The van der Waals surface area contributed by atoms with Gasteiger partial charge >= 0.3 is 5.97 Å². The number of hydrogen-bond acceptors (Lipinski definition) is 3. The van der Waals surface area contributed by atoms with E-state index >= 15 is 0 Å². The third kappa shape index (κ3) is 3.26. The largest absolute Gasteiger partial charge is 0.465 e. The van der Waals surface area contributed by atoms with Crippen molar-refractivity contribution in [1.82, 2.24) is 0 Å². The fourth-order valence-electron chi connectivity index (χ4n) is 2.60. The van der Waals surface area contributed by atoms with Crippen molar-refractivity contribution in [3.63, 3.8) is 0 Å². The van der Waals surface area contributed by atoms with E-state index in [-0.39, 0.29) is 5.97 Å². The summed E-state index contributed by atoms with van der Waals surface area (Å²) in [5, 5.41) is 0. The number of carbonyl (C=O) groups is 1. The van der Waals surface area contributed by atoms with E-state index in [0.29, 0.717) is 6.54 Å². The van der Waals surface area contributed by atoms with E-state index < -0.39 is 0 Å². The number of hydrogen-bond donors (Lipinski definition) is 1. The molecule has 0 aromatic heterocycles. The average molecular weight is 263 g/mol. The smallest absolute Gasteiger partial charge is 0.361 e. The number of nitrogens with zero attached hydrogens (tertiary/aromatic N) is 1. The third-order valence-corrected chi connectivity index (χ3v) is 4.01. The van der Waals surface area contributed by atoms with Crippen LogP contribution in [-0.2, 0) is 9.53 Å². The van der Waals surface area contributed by atoms with Crippen LogP contribution in [0.15, 0.2) is 18.2 Å². The van der Waals surface area contributed by atoms with Gasteiger partial charge in [-0.2, -0.15) is 0 Å². The number of anilines is 1. The van der Waals surface area contributed by atoms with Gasteiger partial charge in [0.15, 0.2) is 6.54 Å². The lowest BCUT2D eigenvalue weighted by Crippen LogP contribution is -3.15. The van der Waals surface area contributed by atoms with Gasteiger partial charge in [-0.3, -0.25) is 0 Å². The van der Waals surface area contributed by atoms with Crippen molar-refractivity contribution in [1.29, 1.82) is 0 Å². The highest BCUT2D eigenvalue weighted by molar-refractivity contribution is 5.70. The summed E-state index contributed by atoms with van der Waals surface area (Å²) >= 11 is 0. The summed E-state index contributed by atoms with van der Waals surface area (Å²) in [6.07, 6.45) is 0. The third-order valence-electron chi connectivity index (χ3n) is 4.01. The summed E-state index contributed by atoms with van der Waals surface area (Å²) in [6.45, 7) is 8.78. The van der Waals surface area contributed by atoms with Crippen molar-refractivity contribution in [2.24, 2.45) is 0 Å². The Morgan fingerprint density at radius 2 is 2.00 bits per heavy atom. The highest BCUT2D eigenvalue weighted by Gasteiger charge is 2.23. The maximum absolute atomic E-state index is 11.3. The second-order valence-corrected chi connectivity index (χ2v) is 5.21. The first-order chi connectivity index (χ1) is 9.11. The number of esters is 1. The Balaban J connectivity index is 1.96. The van der Waals surface area contributed by atoms with Crippen LogP contribution in [-0.4, -0.2) is 45.8 Å². The van der Waals surface area contributed by atoms with Crippen LogP contribution in [0.3, 0.4) is 0 Å². The predicted octanol–water partition coefficient (Wildman–Crippen LogP) is 0.181. The molecule has 0 atom stereocenters. The molecule has 1 aliphatic heterocycles. The van der Waals surface area contributed by atoms with Gasteiger partial charge in [-0.25, -0.2) is 4.79 Å². The topological polar surface area (TPSA) is 34.0 Å². The van der Waals surface area contributed by atoms with Gasteiger partial charge in [0, 0.05) is 5.69 Å². The van der Waals surface area contributed by atoms with Gasteiger partial charge in [0.2, 0.25) is 0 Å². The normalized spacial score (nSPS) is 16.5. The van der Waals surface area contributed by atoms with Crippen LogP contribution in [0.4, 0.5) is 5.69 Å². The Labute approximate surface area is 115 Å². The van der Waals surface area contributed by atoms with Crippen LogP contribution < -0.4 is 9.80 Å². The molecule has 19 heavy (non-hydrogen) atoms. The summed E-state index contributed by atoms with van der Waals surface area (Å²) in [4.78, 5) is 15.0. The molecule has 1 saturated heterocycles. The molecule has 2 rings (SSSR count). The molecule has 1 aromatic rings. The summed E-state index contributed by atoms with van der Waals surface area (Å²) in [5.74, 6) is -0.116. The Morgan fingerprint density at radius 3 is 2.63 bits per heavy atom. The molecular weight excluding hydrogens is 240 g/mol. The second-order valence-electron chi connectivity index (χ2n) is 5.21. The number of methoxy groups -OCH3 is 1. The average Bonchev–Trinajstić information content (AvgIpc) is 2.43. The van der Waals surface area contributed by atoms with Gasteiger partial charge in [-0.1, -0.05) is 12.1 Å². The number of ether oxygens (including phenoxy) is 1. The standard InChI is InChI=1S/C15H22N2O2/c1-12-5-4-6-14(13(12)2)17-9-7-16(8-10-17)11-15(18)19-3/h4-6H,7-11H2,1-3H3/p+1. The molecule has 0 spiro atoms. The first-order valence-electron chi connectivity index (χ1n) is 6.83. The Morgan fingerprint density at radius 1 is 1.32 bits per heavy atom. The molecule has 104 valence electrons. The molecule has 0 saturated carbocycles. The molecule has 0 amide bonds. The van der Waals surface area contributed by atoms with Crippen molar-refractivity contribution in [2.45, 2.75) is 13.8 Å². The van der Waals surface area contributed by atoms with E-state index in [4.69, 9.17) is 4.74 Å². The van der Waals surface area contributed by atoms with Gasteiger partial charge in [0.1, 0.15) is 0 Å². The number of piperazine rings is 1. The minimum absolute atomic E-state index is 0.116. The molecule has 4 heteroatoms. The monoisotopic (exact) mass is 263 g/mol. The summed E-state index contributed by atoms with van der Waals surface area (Å²) in [5.41, 5.74) is 4.03. The van der Waals surface area contributed by atoms with Gasteiger partial charge in [0.05, 0.1) is 33.3 Å². The Bertz CT molecular complexity index is 451. The number of nitrogens with one attached hydrogen (secondary N) is 1. The Hall–Kier alpha value is -1.55. The number of carbonyl (C=O) groups excluding carboxylic acids is 1. The quantitative estimate of drug-likeness (QED) is 0.790. The zero-order valence-corrected chi connectivity index (χ0v) is 12.0. The van der Waals surface area contributed by atoms with E-state index in [0.717, 1.165) is 26.2 Å². The molecule has 1 aliphatic rings. The van der Waals surface area contributed by atoms with E-state index in [1.165, 1.54) is 28.8 Å². The van der Waals surface area contributed by atoms with Crippen LogP contribution in [0, 0.1) is 13.8 Å². The fraction of sp³-hybridized carbons (Fsp3) is 0.533. The van der Waals surface area contributed by atoms with E-state index in [1.807, 2.05) is 0 Å². The molecule has 1 N–H and O–H groups in total. The SMILES string of the molecule is COC(=O)C[NH+]1CCN(c2cccc(C)c2C)CC1. The van der Waals surface area contributed by atoms with Crippen molar-refractivity contribution >= 4 is 11.7 Å². The molecule has 0 aliphatic carbocycles. The molecule has 0 bridgehead atoms. The fourth-order valence-corrected chi connectivity index (χ4v) is 2.60. The molecular formula is C15H23N2O2+. The highest BCUT2D eigenvalue weighted by atomic mass is 16.5. The van der Waals surface area contributed by atoms with Crippen molar-refractivity contribution in [2.75, 3.05) is 44.7 Å². The maximum atomic E-state index is 11.3. The molecule has 0 unspecified atom stereocenters. The van der Waals surface area contributed by atoms with Gasteiger partial charge in [-0.05, 0) is 31.0 Å². The summed E-state index contributed by atoms with van der Waals surface area (Å²) < 4.78 is 4.73. The molecule has 1 heterocycles. The molecule has 0 radical (unpaired) electrons. The van der Waals surface area contributed by atoms with Crippen molar-refractivity contribution < 1.29 is 14.4 Å². The lowest BCUT2D eigenvalue weighted by Gasteiger charge is -2.34. The number of benzene rings is 1. The van der Waals surface area contributed by atoms with E-state index in [9.17, 15) is 4.79 Å². The molecule has 4 nitrogen and oxygen atoms in total. The summed E-state index contributed by atoms with van der Waals surface area (Å²) in [7, 11) is 1.45. The van der Waals surface area contributed by atoms with Crippen molar-refractivity contribution in [3.8, 4) is 0 Å². The second kappa shape index (κ2) is 6.06. The number of quaternary nitrogens is 1. The lowest BCUT2D eigenvalue weighted by molar-refractivity contribution is -0.893. The zero-order valence-electron chi connectivity index (χ0n) is 12.0. The van der Waals surface area contributed by atoms with E-state index in [2.05, 4.69) is 36.9 Å². The van der Waals surface area contributed by atoms with Gasteiger partial charge in [-0.15, -0.1) is 0 Å². The Kier molecular flexibility index (Phi) is 4.43. The maximum Gasteiger partial charge on any atom is 0.361 e. The highest BCUT2D eigenvalue weighted by Crippen LogP contribution is 2.22. The molecule has 1 fully saturated rings. The van der Waals surface area contributed by atoms with Crippen LogP contribution in [0.25, 0.3) is 0 Å². The van der Waals surface area contributed by atoms with Crippen molar-refractivity contribution in [3.05, 3.63) is 29.3 Å². The van der Waals surface area contributed by atoms with Crippen LogP contribution in [0.2, 0.25) is 0 Å². The minimum atomic E-state index is -0.116. The van der Waals surface area contributed by atoms with Crippen LogP contribution in [0.1, 0.15) is 11.1 Å². The van der Waals surface area contributed by atoms with Crippen LogP contribution >= 0.6 is 0 Å². The predicted molar refractivity (Wildman–Crippen MR) is 75.7 cm³/mol. The van der Waals surface area contributed by atoms with Gasteiger partial charge < -0.3 is 14.5 Å². The van der Waals surface area contributed by atoms with Crippen LogP contribution in [0.5, 0.6) is 0 Å². The first-order valence-corrected chi connectivity index (χ1v) is 6.83. The van der Waals surface area contributed by atoms with E-state index in [1.54, 1.807) is 0 Å². The lowest BCUT2D eigenvalue weighted by atomic mass is 10.1. The first kappa shape index (κ1) is 13.9. The molecule has 1 aromatic carbocycles. The zero-order chi connectivity index (χ0) is 13.8. The summed E-state index contributed by atoms with van der Waals surface area (Å²) in [6, 6.07) is 6.45.